The Morgan fingerprint density at radius 2 is 1.71 bits per heavy atom. The predicted molar refractivity (Wildman–Crippen MR) is 113 cm³/mol. The van der Waals surface area contributed by atoms with Crippen molar-refractivity contribution in [1.82, 2.24) is 14.7 Å². The summed E-state index contributed by atoms with van der Waals surface area (Å²) in [6.45, 7) is -0.208. The second-order valence-electron chi connectivity index (χ2n) is 6.85. The van der Waals surface area contributed by atoms with E-state index in [0.717, 1.165) is 4.68 Å². The van der Waals surface area contributed by atoms with Crippen LogP contribution in [0.1, 0.15) is 16.2 Å². The van der Waals surface area contributed by atoms with E-state index in [4.69, 9.17) is 9.15 Å². The highest BCUT2D eigenvalue weighted by molar-refractivity contribution is 6.02. The molecule has 0 unspecified atom stereocenters. The quantitative estimate of drug-likeness (QED) is 0.448. The highest BCUT2D eigenvalue weighted by atomic mass is 16.5. The monoisotopic (exact) mass is 417 g/mol. The van der Waals surface area contributed by atoms with E-state index in [2.05, 4.69) is 5.10 Å². The van der Waals surface area contributed by atoms with Crippen LogP contribution < -0.4 is 5.56 Å². The Morgan fingerprint density at radius 3 is 2.42 bits per heavy atom. The van der Waals surface area contributed by atoms with Crippen LogP contribution >= 0.6 is 0 Å². The molecule has 0 saturated heterocycles. The molecule has 156 valence electrons. The van der Waals surface area contributed by atoms with Crippen LogP contribution in [0.5, 0.6) is 0 Å². The number of carbonyl (C=O) groups is 2. The number of likely N-dealkylation sites (N-methyl/N-ethyl adjacent to an activating group) is 1. The molecule has 0 fully saturated rings. The molecule has 0 aliphatic carbocycles. The van der Waals surface area contributed by atoms with Gasteiger partial charge in [0, 0.05) is 12.4 Å². The van der Waals surface area contributed by atoms with E-state index in [1.807, 2.05) is 6.07 Å². The predicted octanol–water partition coefficient (Wildman–Crippen LogP) is 2.79. The fourth-order valence-corrected chi connectivity index (χ4v) is 3.11. The number of benzene rings is 2. The number of hydrogen-bond acceptors (Lipinski definition) is 6. The molecule has 2 heterocycles. The summed E-state index contributed by atoms with van der Waals surface area (Å²) < 4.78 is 11.6. The first-order chi connectivity index (χ1) is 15.0. The van der Waals surface area contributed by atoms with Crippen LogP contribution in [0.15, 0.2) is 82.2 Å². The third kappa shape index (κ3) is 4.23. The zero-order chi connectivity index (χ0) is 21.8. The molecule has 0 N–H and O–H groups in total. The van der Waals surface area contributed by atoms with Crippen LogP contribution in [-0.2, 0) is 16.1 Å². The van der Waals surface area contributed by atoms with Crippen molar-refractivity contribution in [3.05, 3.63) is 94.8 Å². The molecule has 8 heteroatoms. The van der Waals surface area contributed by atoms with Gasteiger partial charge < -0.3 is 14.1 Å². The van der Waals surface area contributed by atoms with E-state index in [9.17, 15) is 14.4 Å². The Balaban J connectivity index is 1.59. The van der Waals surface area contributed by atoms with Crippen molar-refractivity contribution in [1.29, 1.82) is 0 Å². The van der Waals surface area contributed by atoms with E-state index in [1.54, 1.807) is 67.7 Å². The van der Waals surface area contributed by atoms with Gasteiger partial charge in [0.15, 0.2) is 12.3 Å². The van der Waals surface area contributed by atoms with E-state index in [1.165, 1.54) is 11.2 Å². The first kappa shape index (κ1) is 20.1. The van der Waals surface area contributed by atoms with Crippen molar-refractivity contribution in [3.8, 4) is 5.69 Å². The molecule has 0 bridgehead atoms. The zero-order valence-corrected chi connectivity index (χ0v) is 16.7. The average Bonchev–Trinajstić information content (AvgIpc) is 3.31. The fourth-order valence-electron chi connectivity index (χ4n) is 3.11. The molecule has 0 aliphatic heterocycles. The second kappa shape index (κ2) is 8.66. The maximum absolute atomic E-state index is 12.9. The van der Waals surface area contributed by atoms with Gasteiger partial charge in [0.1, 0.15) is 5.76 Å². The summed E-state index contributed by atoms with van der Waals surface area (Å²) in [5.41, 5.74) is 0.120. The van der Waals surface area contributed by atoms with E-state index >= 15 is 0 Å². The number of carbonyl (C=O) groups excluding carboxylic acids is 2. The number of nitrogens with zero attached hydrogens (tertiary/aromatic N) is 3. The molecule has 2 aromatic heterocycles. The van der Waals surface area contributed by atoms with Crippen LogP contribution in [0.25, 0.3) is 16.5 Å². The van der Waals surface area contributed by atoms with E-state index < -0.39 is 18.5 Å². The smallest absolute Gasteiger partial charge is 0.359 e. The Morgan fingerprint density at radius 1 is 1.00 bits per heavy atom. The third-order valence-corrected chi connectivity index (χ3v) is 4.72. The van der Waals surface area contributed by atoms with Gasteiger partial charge >= 0.3 is 5.97 Å². The van der Waals surface area contributed by atoms with Crippen molar-refractivity contribution < 1.29 is 18.7 Å². The molecule has 0 radical (unpaired) electrons. The second-order valence-corrected chi connectivity index (χ2v) is 6.85. The number of para-hydroxylation sites is 1. The number of ether oxygens (including phenoxy) is 1. The standard InChI is InChI=1S/C23H19N3O5/c1-25(14-17-10-7-13-30-17)20(27)15-31-23(29)21-18-11-5-6-12-19(18)22(28)26(24-21)16-8-3-2-4-9-16/h2-13H,14-15H2,1H3. The highest BCUT2D eigenvalue weighted by Gasteiger charge is 2.20. The summed E-state index contributed by atoms with van der Waals surface area (Å²) in [7, 11) is 1.59. The number of amides is 1. The van der Waals surface area contributed by atoms with Gasteiger partial charge in [-0.15, -0.1) is 0 Å². The van der Waals surface area contributed by atoms with E-state index in [0.29, 0.717) is 22.2 Å². The first-order valence-electron chi connectivity index (χ1n) is 9.55. The highest BCUT2D eigenvalue weighted by Crippen LogP contribution is 2.16. The van der Waals surface area contributed by atoms with Crippen molar-refractivity contribution in [3.63, 3.8) is 0 Å². The molecule has 0 atom stereocenters. The Hall–Kier alpha value is -4.20. The fraction of sp³-hybridized carbons (Fsp3) is 0.130. The average molecular weight is 417 g/mol. The number of furan rings is 1. The molecule has 1 amide bonds. The lowest BCUT2D eigenvalue weighted by molar-refractivity contribution is -0.134. The molecular formula is C23H19N3O5. The van der Waals surface area contributed by atoms with Gasteiger partial charge in [-0.25, -0.2) is 4.79 Å². The van der Waals surface area contributed by atoms with Crippen LogP contribution in [0.4, 0.5) is 0 Å². The maximum atomic E-state index is 12.9. The summed E-state index contributed by atoms with van der Waals surface area (Å²) in [4.78, 5) is 39.4. The number of hydrogen-bond donors (Lipinski definition) is 0. The number of fused-ring (bicyclic) bond motifs is 1. The van der Waals surface area contributed by atoms with Gasteiger partial charge in [0.05, 0.1) is 23.9 Å². The number of esters is 1. The Labute approximate surface area is 177 Å². The SMILES string of the molecule is CN(Cc1ccco1)C(=O)COC(=O)c1nn(-c2ccccc2)c(=O)c2ccccc12. The van der Waals surface area contributed by atoms with Crippen LogP contribution in [-0.4, -0.2) is 40.2 Å². The molecule has 31 heavy (non-hydrogen) atoms. The summed E-state index contributed by atoms with van der Waals surface area (Å²) >= 11 is 0. The Bertz CT molecular complexity index is 1280. The van der Waals surface area contributed by atoms with Crippen LogP contribution in [0.3, 0.4) is 0 Å². The molecule has 0 saturated carbocycles. The molecule has 4 aromatic rings. The molecule has 2 aromatic carbocycles. The zero-order valence-electron chi connectivity index (χ0n) is 16.7. The summed E-state index contributed by atoms with van der Waals surface area (Å²) in [5, 5.41) is 4.93. The van der Waals surface area contributed by atoms with Gasteiger partial charge in [0.2, 0.25) is 0 Å². The van der Waals surface area contributed by atoms with Crippen molar-refractivity contribution in [2.24, 2.45) is 0 Å². The van der Waals surface area contributed by atoms with Crippen molar-refractivity contribution in [2.75, 3.05) is 13.7 Å². The van der Waals surface area contributed by atoms with Gasteiger partial charge in [-0.2, -0.15) is 9.78 Å². The number of aromatic nitrogens is 2. The van der Waals surface area contributed by atoms with Crippen LogP contribution in [0.2, 0.25) is 0 Å². The minimum atomic E-state index is -0.791. The number of rotatable bonds is 6. The van der Waals surface area contributed by atoms with Gasteiger partial charge in [-0.1, -0.05) is 36.4 Å². The lowest BCUT2D eigenvalue weighted by atomic mass is 10.1. The van der Waals surface area contributed by atoms with Crippen molar-refractivity contribution in [2.45, 2.75) is 6.54 Å². The molecule has 0 spiro atoms. The minimum absolute atomic E-state index is 0.0412. The normalized spacial score (nSPS) is 10.7. The molecule has 4 rings (SSSR count). The lowest BCUT2D eigenvalue weighted by Crippen LogP contribution is -2.31. The summed E-state index contributed by atoms with van der Waals surface area (Å²) in [6.07, 6.45) is 1.52. The minimum Gasteiger partial charge on any atom is -0.467 e. The van der Waals surface area contributed by atoms with E-state index in [-0.39, 0.29) is 17.8 Å². The molecule has 0 aliphatic rings. The molecule has 8 nitrogen and oxygen atoms in total. The Kier molecular flexibility index (Phi) is 5.61. The van der Waals surface area contributed by atoms with Gasteiger partial charge in [-0.3, -0.25) is 9.59 Å². The van der Waals surface area contributed by atoms with Gasteiger partial charge in [0.25, 0.3) is 11.5 Å². The topological polar surface area (TPSA) is 94.6 Å². The van der Waals surface area contributed by atoms with Gasteiger partial charge in [-0.05, 0) is 30.3 Å². The maximum Gasteiger partial charge on any atom is 0.359 e. The summed E-state index contributed by atoms with van der Waals surface area (Å²) in [5.74, 6) is -0.573. The first-order valence-corrected chi connectivity index (χ1v) is 9.55. The van der Waals surface area contributed by atoms with Crippen molar-refractivity contribution >= 4 is 22.6 Å². The third-order valence-electron chi connectivity index (χ3n) is 4.72. The lowest BCUT2D eigenvalue weighted by Gasteiger charge is -2.16. The summed E-state index contributed by atoms with van der Waals surface area (Å²) in [6, 6.07) is 18.9. The molecular weight excluding hydrogens is 398 g/mol. The largest absolute Gasteiger partial charge is 0.467 e. The van der Waals surface area contributed by atoms with Crippen LogP contribution in [0, 0.1) is 0 Å².